The van der Waals surface area contributed by atoms with Crippen molar-refractivity contribution in [2.45, 2.75) is 0 Å². The molecule has 140 heavy (non-hydrogen) atoms. The van der Waals surface area contributed by atoms with Gasteiger partial charge in [0.25, 0.3) is 0 Å². The van der Waals surface area contributed by atoms with Gasteiger partial charge in [0, 0.05) is 83.9 Å². The van der Waals surface area contributed by atoms with Crippen molar-refractivity contribution in [1.29, 1.82) is 0 Å². The van der Waals surface area contributed by atoms with Gasteiger partial charge in [-0.25, -0.2) is 9.97 Å². The quantitative estimate of drug-likeness (QED) is 0.0468. The summed E-state index contributed by atoms with van der Waals surface area (Å²) in [7, 11) is -12.5. The molecule has 2 aliphatic heterocycles. The summed E-state index contributed by atoms with van der Waals surface area (Å²) >= 11 is 3.74. The second-order valence-corrected chi connectivity index (χ2v) is 52.8. The Morgan fingerprint density at radius 3 is 1.04 bits per heavy atom. The van der Waals surface area contributed by atoms with Gasteiger partial charge in [-0.05, 0) is 115 Å². The number of pyridine rings is 4. The second-order valence-electron chi connectivity index (χ2n) is 35.7. The van der Waals surface area contributed by atoms with E-state index in [9.17, 15) is 0 Å². The predicted octanol–water partition coefficient (Wildman–Crippen LogP) is 19.1. The van der Waals surface area contributed by atoms with E-state index >= 15 is 0 Å². The van der Waals surface area contributed by atoms with E-state index in [4.69, 9.17) is 19.9 Å². The van der Waals surface area contributed by atoms with E-state index in [-0.39, 0.29) is 42.1 Å². The van der Waals surface area contributed by atoms with Gasteiger partial charge in [-0.2, -0.15) is 46.8 Å². The standard InChI is InChI=1S/2C62H40N4SSi2.2Pt/c1-5-20-44(21-6-1)68(45-22-7-2-8-23-45,49-34-35-50-51-29-13-15-31-54(51)65-40-39-64-61(65)53(50)42-49)48-28-17-19-43(41-48)66-60-57(37-36-56-59(60)52-30-14-16-32-55(52)67-56)69(46-24-9-3-10-25-46,47-26-11-4-12-27-47)58-33-18-38-63-62(58)66;1-5-20-44(21-6-1)68(45-22-7-2-8-23-45,49-34-35-50-51-29-13-15-31-55(51)65-40-39-64-61(65)54(50)42-49)48-28-17-19-43(41-48)66-59-57(37-36-53-52-30-14-16-32-56(52)67-60(53)59)69(46-24-9-3-10-25-46,47-26-11-4-12-27-47)58-33-18-38-63-62(58)66;;/h2*1-40H;;/q2*-2;2*+2. The summed E-state index contributed by atoms with van der Waals surface area (Å²) < 4.78 is 9.45. The van der Waals surface area contributed by atoms with Gasteiger partial charge < -0.3 is 18.6 Å². The third-order valence-electron chi connectivity index (χ3n) is 28.9. The molecule has 8 aromatic heterocycles. The minimum absolute atomic E-state index is 0. The van der Waals surface area contributed by atoms with Gasteiger partial charge in [-0.15, -0.1) is 92.4 Å². The number of aromatic nitrogens is 6. The van der Waals surface area contributed by atoms with Crippen LogP contribution in [-0.4, -0.2) is 61.0 Å². The van der Waals surface area contributed by atoms with Crippen molar-refractivity contribution < 1.29 is 42.1 Å². The van der Waals surface area contributed by atoms with Gasteiger partial charge in [0.15, 0.2) is 16.1 Å². The number of para-hydroxylation sites is 2. The minimum atomic E-state index is -3.23. The summed E-state index contributed by atoms with van der Waals surface area (Å²) in [5, 5.41) is 31.7. The molecule has 0 radical (unpaired) electrons. The summed E-state index contributed by atoms with van der Waals surface area (Å²) in [4.78, 5) is 25.8. The number of rotatable bonds is 14. The van der Waals surface area contributed by atoms with Gasteiger partial charge in [-0.1, -0.05) is 368 Å². The van der Waals surface area contributed by atoms with Crippen LogP contribution in [0.15, 0.2) is 486 Å². The van der Waals surface area contributed by atoms with Crippen molar-refractivity contribution in [2.75, 3.05) is 9.80 Å². The minimum Gasteiger partial charge on any atom is -0.340 e. The normalized spacial score (nSPS) is 13.1. The van der Waals surface area contributed by atoms with E-state index < -0.39 is 32.3 Å². The molecule has 0 saturated carbocycles. The molecule has 0 N–H and O–H groups in total. The number of thiophene rings is 2. The van der Waals surface area contributed by atoms with Crippen LogP contribution in [0.25, 0.3) is 95.0 Å². The Hall–Kier alpha value is -15.0. The van der Waals surface area contributed by atoms with Gasteiger partial charge >= 0.3 is 42.1 Å². The van der Waals surface area contributed by atoms with Crippen molar-refractivity contribution in [3.63, 3.8) is 0 Å². The first kappa shape index (κ1) is 86.5. The van der Waals surface area contributed by atoms with Crippen LogP contribution in [0.1, 0.15) is 0 Å². The first-order valence-corrected chi connectivity index (χ1v) is 56.4. The van der Waals surface area contributed by atoms with Crippen LogP contribution >= 0.6 is 22.7 Å². The van der Waals surface area contributed by atoms with E-state index in [1.807, 2.05) is 47.5 Å². The molecule has 16 heteroatoms. The van der Waals surface area contributed by atoms with Crippen LogP contribution in [0.2, 0.25) is 0 Å². The number of fused-ring (bicyclic) bond motifs is 24. The van der Waals surface area contributed by atoms with E-state index in [1.165, 1.54) is 125 Å². The van der Waals surface area contributed by atoms with Gasteiger partial charge in [-0.3, -0.25) is 9.97 Å². The van der Waals surface area contributed by atoms with Crippen molar-refractivity contribution >= 4 is 267 Å². The summed E-state index contributed by atoms with van der Waals surface area (Å²) in [5.41, 5.74) is 8.33. The average Bonchev–Trinajstić information content (AvgIpc) is 1.19. The van der Waals surface area contributed by atoms with Crippen molar-refractivity contribution in [1.82, 2.24) is 28.7 Å². The Labute approximate surface area is 850 Å². The van der Waals surface area contributed by atoms with Crippen molar-refractivity contribution in [3.05, 3.63) is 510 Å². The topological polar surface area (TPSA) is 66.9 Å². The summed E-state index contributed by atoms with van der Waals surface area (Å²) in [5.74, 6) is 1.89. The number of benzene rings is 18. The van der Waals surface area contributed by atoms with E-state index in [2.05, 4.69) is 504 Å². The summed E-state index contributed by atoms with van der Waals surface area (Å²) in [6, 6.07) is 183. The molecule has 8 nitrogen and oxygen atoms in total. The summed E-state index contributed by atoms with van der Waals surface area (Å²) in [6.07, 6.45) is 11.9. The molecular formula is C124H80N8Pt2S2Si4. The SMILES string of the molecule is [Pt+2].[Pt+2].[c-]1c(N2c3ncccc3[Si](c3ccccc3)(c3ccccc3)c3ccc4c(sc5ccccc54)c32)cccc1[Si](c1[c-]c2c(cc1)c1ccccc1n1ccnc21)(c1ccccc1)c1ccccc1.[c-]1c(N2c3ncccc3[Si](c3ccccc3)(c3ccccc3)c3ccc4sc5ccccc5c4c32)cccc1[Si](c1[c-]c2c(cc1)c1ccccc1n1ccnc21)(c1ccccc1)c1ccccc1. The monoisotopic (exact) mass is 2250 g/mol. The van der Waals surface area contributed by atoms with E-state index in [0.717, 1.165) is 87.6 Å². The van der Waals surface area contributed by atoms with E-state index in [1.54, 1.807) is 0 Å². The van der Waals surface area contributed by atoms with E-state index in [0.29, 0.717) is 0 Å². The van der Waals surface area contributed by atoms with Crippen molar-refractivity contribution in [3.8, 4) is 0 Å². The average molecular weight is 2250 g/mol. The Kier molecular flexibility index (Phi) is 21.7. The molecule has 0 spiro atoms. The number of hydrogen-bond donors (Lipinski definition) is 0. The molecule has 0 saturated heterocycles. The zero-order chi connectivity index (χ0) is 91.0. The van der Waals surface area contributed by atoms with Crippen molar-refractivity contribution in [2.24, 2.45) is 0 Å². The Morgan fingerprint density at radius 2 is 0.600 bits per heavy atom. The third-order valence-corrected chi connectivity index (χ3v) is 50.1. The molecule has 664 valence electrons. The number of hydrogen-bond acceptors (Lipinski definition) is 8. The molecule has 2 aliphatic rings. The Bertz CT molecular complexity index is 9120. The molecule has 18 aromatic carbocycles. The van der Waals surface area contributed by atoms with Gasteiger partial charge in [0.2, 0.25) is 0 Å². The molecule has 28 rings (SSSR count). The van der Waals surface area contributed by atoms with Gasteiger partial charge in [0.1, 0.15) is 27.8 Å². The molecule has 26 aromatic rings. The van der Waals surface area contributed by atoms with Crippen LogP contribution in [0, 0.1) is 24.3 Å². The Balaban J connectivity index is 0.000000146. The fourth-order valence-corrected chi connectivity index (χ4v) is 44.9. The first-order valence-electron chi connectivity index (χ1n) is 46.8. The maximum atomic E-state index is 5.48. The molecule has 0 amide bonds. The second kappa shape index (κ2) is 35.1. The first-order chi connectivity index (χ1) is 68.5. The number of anilines is 6. The predicted molar refractivity (Wildman–Crippen MR) is 588 cm³/mol. The van der Waals surface area contributed by atoms with Crippen LogP contribution in [0.3, 0.4) is 0 Å². The molecule has 0 atom stereocenters. The van der Waals surface area contributed by atoms with Gasteiger partial charge in [0.05, 0.1) is 27.4 Å². The largest absolute Gasteiger partial charge is 2.00 e. The van der Waals surface area contributed by atoms with Crippen LogP contribution < -0.4 is 92.8 Å². The fraction of sp³-hybridized carbons (Fsp3) is 0. The third kappa shape index (κ3) is 13.0. The smallest absolute Gasteiger partial charge is 0.340 e. The Morgan fingerprint density at radius 1 is 0.243 bits per heavy atom. The molecular weight excluding hydrogens is 2170 g/mol. The molecule has 10 heterocycles. The van der Waals surface area contributed by atoms with Crippen LogP contribution in [0.4, 0.5) is 34.4 Å². The zero-order valence-corrected chi connectivity index (χ0v) is 85.4. The van der Waals surface area contributed by atoms with Crippen LogP contribution in [0.5, 0.6) is 0 Å². The molecule has 0 bridgehead atoms. The van der Waals surface area contributed by atoms with Crippen LogP contribution in [-0.2, 0) is 42.1 Å². The summed E-state index contributed by atoms with van der Waals surface area (Å²) in [6.45, 7) is 0. The molecule has 0 fully saturated rings. The molecule has 0 unspecified atom stereocenters. The maximum absolute atomic E-state index is 5.48. The zero-order valence-electron chi connectivity index (χ0n) is 75.2. The molecule has 0 aliphatic carbocycles. The number of imidazole rings is 2. The fourth-order valence-electron chi connectivity index (χ4n) is 23.3. The maximum Gasteiger partial charge on any atom is 2.00 e. The number of nitrogens with zero attached hydrogens (tertiary/aromatic N) is 8.